The van der Waals surface area contributed by atoms with Crippen molar-refractivity contribution in [2.75, 3.05) is 31.6 Å². The van der Waals surface area contributed by atoms with Crippen molar-refractivity contribution in [1.29, 1.82) is 0 Å². The highest BCUT2D eigenvalue weighted by molar-refractivity contribution is 6.32. The SMILES string of the molecule is NCC[C@@H]1CN(C(=O)Nc2ccc(Oc3ccccc3)c(Cl)c2)CCO1. The Morgan fingerprint density at radius 1 is 1.31 bits per heavy atom. The number of nitrogens with zero attached hydrogens (tertiary/aromatic N) is 1. The first-order chi connectivity index (χ1) is 12.7. The standard InChI is InChI=1S/C19H22ClN3O3/c20-17-12-14(6-7-18(17)26-15-4-2-1-3-5-15)22-19(24)23-10-11-25-16(13-23)8-9-21/h1-7,12,16H,8-11,13,21H2,(H,22,24)/t16-/m1/s1. The summed E-state index contributed by atoms with van der Waals surface area (Å²) in [4.78, 5) is 14.2. The Hall–Kier alpha value is -2.28. The minimum Gasteiger partial charge on any atom is -0.456 e. The van der Waals surface area contributed by atoms with Gasteiger partial charge in [0.05, 0.1) is 17.7 Å². The van der Waals surface area contributed by atoms with Crippen LogP contribution in [0.15, 0.2) is 48.5 Å². The van der Waals surface area contributed by atoms with Gasteiger partial charge in [-0.3, -0.25) is 0 Å². The molecule has 0 radical (unpaired) electrons. The molecule has 0 saturated carbocycles. The Morgan fingerprint density at radius 2 is 2.12 bits per heavy atom. The van der Waals surface area contributed by atoms with Gasteiger partial charge in [-0.2, -0.15) is 0 Å². The fourth-order valence-corrected chi connectivity index (χ4v) is 2.96. The van der Waals surface area contributed by atoms with E-state index in [1.54, 1.807) is 23.1 Å². The summed E-state index contributed by atoms with van der Waals surface area (Å²) >= 11 is 6.29. The van der Waals surface area contributed by atoms with Crippen LogP contribution in [0.25, 0.3) is 0 Å². The highest BCUT2D eigenvalue weighted by Crippen LogP contribution is 2.31. The van der Waals surface area contributed by atoms with Crippen LogP contribution in [0.5, 0.6) is 11.5 Å². The zero-order chi connectivity index (χ0) is 18.4. The van der Waals surface area contributed by atoms with Crippen LogP contribution in [0, 0.1) is 0 Å². The van der Waals surface area contributed by atoms with Gasteiger partial charge in [-0.1, -0.05) is 29.8 Å². The first-order valence-electron chi connectivity index (χ1n) is 8.56. The molecule has 3 N–H and O–H groups in total. The Morgan fingerprint density at radius 3 is 2.85 bits per heavy atom. The van der Waals surface area contributed by atoms with Crippen LogP contribution in [0.1, 0.15) is 6.42 Å². The Labute approximate surface area is 157 Å². The molecule has 26 heavy (non-hydrogen) atoms. The molecule has 1 atom stereocenters. The van der Waals surface area contributed by atoms with Crippen LogP contribution in [0.2, 0.25) is 5.02 Å². The van der Waals surface area contributed by atoms with E-state index in [4.69, 9.17) is 26.8 Å². The van der Waals surface area contributed by atoms with Crippen molar-refractivity contribution in [2.45, 2.75) is 12.5 Å². The van der Waals surface area contributed by atoms with Crippen LogP contribution in [0.4, 0.5) is 10.5 Å². The quantitative estimate of drug-likeness (QED) is 0.835. The summed E-state index contributed by atoms with van der Waals surface area (Å²) in [5.41, 5.74) is 6.18. The molecule has 1 fully saturated rings. The predicted molar refractivity (Wildman–Crippen MR) is 102 cm³/mol. The summed E-state index contributed by atoms with van der Waals surface area (Å²) in [7, 11) is 0. The number of benzene rings is 2. The van der Waals surface area contributed by atoms with Crippen molar-refractivity contribution in [3.63, 3.8) is 0 Å². The number of urea groups is 1. The smallest absolute Gasteiger partial charge is 0.322 e. The van der Waals surface area contributed by atoms with Crippen molar-refractivity contribution in [3.8, 4) is 11.5 Å². The fourth-order valence-electron chi connectivity index (χ4n) is 2.74. The Bertz CT molecular complexity index is 740. The lowest BCUT2D eigenvalue weighted by atomic mass is 10.2. The van der Waals surface area contributed by atoms with Gasteiger partial charge in [0.25, 0.3) is 0 Å². The lowest BCUT2D eigenvalue weighted by Gasteiger charge is -2.32. The van der Waals surface area contributed by atoms with E-state index in [0.717, 1.165) is 6.42 Å². The first-order valence-corrected chi connectivity index (χ1v) is 8.93. The van der Waals surface area contributed by atoms with Gasteiger partial charge in [0, 0.05) is 18.8 Å². The molecule has 1 aliphatic rings. The molecule has 1 saturated heterocycles. The maximum absolute atomic E-state index is 12.5. The summed E-state index contributed by atoms with van der Waals surface area (Å²) in [6.45, 7) is 2.14. The van der Waals surface area contributed by atoms with Gasteiger partial charge in [0.1, 0.15) is 11.5 Å². The van der Waals surface area contributed by atoms with Crippen LogP contribution in [-0.2, 0) is 4.74 Å². The van der Waals surface area contributed by atoms with Gasteiger partial charge in [-0.05, 0) is 43.3 Å². The number of nitrogens with two attached hydrogens (primary N) is 1. The topological polar surface area (TPSA) is 76.8 Å². The second kappa shape index (κ2) is 8.89. The maximum Gasteiger partial charge on any atom is 0.322 e. The molecule has 2 amide bonds. The van der Waals surface area contributed by atoms with E-state index >= 15 is 0 Å². The number of para-hydroxylation sites is 1. The van der Waals surface area contributed by atoms with Gasteiger partial charge in [-0.15, -0.1) is 0 Å². The molecule has 6 nitrogen and oxygen atoms in total. The van der Waals surface area contributed by atoms with Crippen molar-refractivity contribution < 1.29 is 14.3 Å². The number of morpholine rings is 1. The molecule has 0 unspecified atom stereocenters. The maximum atomic E-state index is 12.5. The predicted octanol–water partition coefficient (Wildman–Crippen LogP) is 3.71. The third kappa shape index (κ3) is 4.88. The molecule has 1 aliphatic heterocycles. The van der Waals surface area contributed by atoms with Gasteiger partial charge < -0.3 is 25.4 Å². The van der Waals surface area contributed by atoms with Gasteiger partial charge in [0.2, 0.25) is 0 Å². The molecule has 1 heterocycles. The molecule has 2 aromatic carbocycles. The third-order valence-electron chi connectivity index (χ3n) is 4.07. The van der Waals surface area contributed by atoms with Crippen molar-refractivity contribution >= 4 is 23.3 Å². The second-order valence-corrected chi connectivity index (χ2v) is 6.41. The van der Waals surface area contributed by atoms with E-state index in [-0.39, 0.29) is 12.1 Å². The lowest BCUT2D eigenvalue weighted by molar-refractivity contribution is -0.0146. The number of halogens is 1. The normalized spacial score (nSPS) is 17.0. The number of ether oxygens (including phenoxy) is 2. The van der Waals surface area contributed by atoms with Gasteiger partial charge >= 0.3 is 6.03 Å². The zero-order valence-corrected chi connectivity index (χ0v) is 15.1. The molecular formula is C19H22ClN3O3. The van der Waals surface area contributed by atoms with Crippen LogP contribution in [-0.4, -0.2) is 43.3 Å². The summed E-state index contributed by atoms with van der Waals surface area (Å²) in [6, 6.07) is 14.4. The molecule has 0 aliphatic carbocycles. The zero-order valence-electron chi connectivity index (χ0n) is 14.4. The fraction of sp³-hybridized carbons (Fsp3) is 0.316. The second-order valence-electron chi connectivity index (χ2n) is 6.01. The van der Waals surface area contributed by atoms with E-state index in [1.807, 2.05) is 30.3 Å². The number of rotatable bonds is 5. The highest BCUT2D eigenvalue weighted by Gasteiger charge is 2.23. The molecule has 0 bridgehead atoms. The van der Waals surface area contributed by atoms with Gasteiger partial charge in [0.15, 0.2) is 0 Å². The minimum atomic E-state index is -0.178. The molecule has 0 aromatic heterocycles. The summed E-state index contributed by atoms with van der Waals surface area (Å²) in [5, 5.41) is 3.29. The Kier molecular flexibility index (Phi) is 6.33. The number of anilines is 1. The highest BCUT2D eigenvalue weighted by atomic mass is 35.5. The van der Waals surface area contributed by atoms with E-state index in [2.05, 4.69) is 5.32 Å². The average molecular weight is 376 g/mol. The summed E-state index contributed by atoms with van der Waals surface area (Å²) in [5.74, 6) is 1.23. The molecular weight excluding hydrogens is 354 g/mol. The minimum absolute atomic E-state index is 0.00950. The Balaban J connectivity index is 1.61. The summed E-state index contributed by atoms with van der Waals surface area (Å²) < 4.78 is 11.3. The number of amides is 2. The van der Waals surface area contributed by atoms with Gasteiger partial charge in [-0.25, -0.2) is 4.79 Å². The van der Waals surface area contributed by atoms with Crippen molar-refractivity contribution in [1.82, 2.24) is 4.90 Å². The molecule has 0 spiro atoms. The average Bonchev–Trinajstić information content (AvgIpc) is 2.65. The summed E-state index contributed by atoms with van der Waals surface area (Å²) in [6.07, 6.45) is 0.728. The molecule has 138 valence electrons. The van der Waals surface area contributed by atoms with E-state index in [0.29, 0.717) is 48.5 Å². The third-order valence-corrected chi connectivity index (χ3v) is 4.36. The van der Waals surface area contributed by atoms with E-state index in [9.17, 15) is 4.79 Å². The van der Waals surface area contributed by atoms with Crippen LogP contribution < -0.4 is 15.8 Å². The molecule has 2 aromatic rings. The first kappa shape index (κ1) is 18.5. The number of hydrogen-bond acceptors (Lipinski definition) is 4. The number of nitrogens with one attached hydrogen (secondary N) is 1. The monoisotopic (exact) mass is 375 g/mol. The molecule has 3 rings (SSSR count). The van der Waals surface area contributed by atoms with E-state index < -0.39 is 0 Å². The molecule has 7 heteroatoms. The number of carbonyl (C=O) groups is 1. The van der Waals surface area contributed by atoms with Crippen LogP contribution in [0.3, 0.4) is 0 Å². The number of carbonyl (C=O) groups excluding carboxylic acids is 1. The lowest BCUT2D eigenvalue weighted by Crippen LogP contribution is -2.47. The van der Waals surface area contributed by atoms with Crippen LogP contribution >= 0.6 is 11.6 Å². The van der Waals surface area contributed by atoms with Crippen molar-refractivity contribution in [2.24, 2.45) is 5.73 Å². The largest absolute Gasteiger partial charge is 0.456 e. The van der Waals surface area contributed by atoms with Crippen molar-refractivity contribution in [3.05, 3.63) is 53.6 Å². The number of hydrogen-bond donors (Lipinski definition) is 2. The van der Waals surface area contributed by atoms with E-state index in [1.165, 1.54) is 0 Å².